The number of sulfonamides is 1. The Morgan fingerprint density at radius 3 is 2.22 bits per heavy atom. The SMILES string of the molecule is CN(CCCCCNc1cccc2c1C(=O)N(C1CCC(=O)NC1=O)C2=O)CC[C@H](CSc1ccccc1)Nc1ccc(S(=O)(=O)NC(=O)c2ccc(N3CCN(CC4=C(C56CC(C(F)F)(C5)C6)CC(C)(C)CC4)CC3)cc2)cc1S(=O)(=O)C(F)(F)F. The lowest BCUT2D eigenvalue weighted by Gasteiger charge is -2.72. The fourth-order valence-corrected chi connectivity index (χ4v) is 16.3. The van der Waals surface area contributed by atoms with Crippen LogP contribution in [0.3, 0.4) is 0 Å². The van der Waals surface area contributed by atoms with Gasteiger partial charge in [0.15, 0.2) is 0 Å². The summed E-state index contributed by atoms with van der Waals surface area (Å²) in [4.78, 5) is 70.7. The number of anilines is 3. The van der Waals surface area contributed by atoms with E-state index < -0.39 is 94.3 Å². The number of hydrogen-bond acceptors (Lipinski definition) is 15. The maximum absolute atomic E-state index is 14.5. The fraction of sp³-hybridized carbons (Fsp3) is 0.500. The quantitative estimate of drug-likeness (QED) is 0.0160. The second kappa shape index (κ2) is 25.2. The average Bonchev–Trinajstić information content (AvgIpc) is 1.12. The number of carbonyl (C=O) groups is 5. The van der Waals surface area contributed by atoms with Crippen molar-refractivity contribution in [3.05, 3.63) is 119 Å². The first-order valence-corrected chi connectivity index (χ1v) is 33.4. The number of rotatable bonds is 25. The van der Waals surface area contributed by atoms with Crippen molar-refractivity contribution in [2.24, 2.45) is 16.2 Å². The smallest absolute Gasteiger partial charge is 0.384 e. The summed E-state index contributed by atoms with van der Waals surface area (Å²) in [6.07, 6.45) is 4.93. The molecule has 468 valence electrons. The molecule has 2 bridgehead atoms. The maximum atomic E-state index is 14.5. The van der Waals surface area contributed by atoms with Crippen LogP contribution in [0.5, 0.6) is 0 Å². The summed E-state index contributed by atoms with van der Waals surface area (Å²) in [5.41, 5.74) is -2.73. The van der Waals surface area contributed by atoms with Gasteiger partial charge in [0.2, 0.25) is 18.2 Å². The summed E-state index contributed by atoms with van der Waals surface area (Å²) in [5, 5.41) is 8.42. The van der Waals surface area contributed by atoms with E-state index in [2.05, 4.69) is 39.6 Å². The van der Waals surface area contributed by atoms with Crippen LogP contribution in [-0.4, -0.2) is 150 Å². The molecule has 25 heteroatoms. The van der Waals surface area contributed by atoms with Crippen LogP contribution in [0.25, 0.3) is 0 Å². The Bertz CT molecular complexity index is 3540. The lowest BCUT2D eigenvalue weighted by molar-refractivity contribution is -0.250. The molecule has 4 aromatic carbocycles. The number of carbonyl (C=O) groups excluding carboxylic acids is 5. The molecule has 2 saturated heterocycles. The molecule has 4 aliphatic carbocycles. The third-order valence-electron chi connectivity index (χ3n) is 18.1. The molecule has 11 rings (SSSR count). The van der Waals surface area contributed by atoms with Crippen LogP contribution in [0, 0.1) is 16.2 Å². The van der Waals surface area contributed by atoms with Crippen LogP contribution in [0.4, 0.5) is 39.0 Å². The maximum Gasteiger partial charge on any atom is 0.501 e. The summed E-state index contributed by atoms with van der Waals surface area (Å²) < 4.78 is 127. The van der Waals surface area contributed by atoms with Crippen molar-refractivity contribution < 1.29 is 62.8 Å². The van der Waals surface area contributed by atoms with Gasteiger partial charge in [-0.25, -0.2) is 30.3 Å². The molecule has 0 aromatic heterocycles. The molecule has 1 unspecified atom stereocenters. The topological polar surface area (TPSA) is 215 Å². The first-order chi connectivity index (χ1) is 41.2. The highest BCUT2D eigenvalue weighted by atomic mass is 32.2. The normalized spacial score (nSPS) is 22.7. The molecular formula is C62H73F5N8O9S3. The lowest BCUT2D eigenvalue weighted by Crippen LogP contribution is -2.66. The first-order valence-electron chi connectivity index (χ1n) is 29.5. The predicted molar refractivity (Wildman–Crippen MR) is 321 cm³/mol. The Morgan fingerprint density at radius 1 is 0.828 bits per heavy atom. The van der Waals surface area contributed by atoms with Gasteiger partial charge < -0.3 is 20.4 Å². The third kappa shape index (κ3) is 13.6. The van der Waals surface area contributed by atoms with E-state index in [1.807, 2.05) is 47.0 Å². The number of hydrogen-bond donors (Lipinski definition) is 4. The molecule has 0 radical (unpaired) electrons. The molecular weight excluding hydrogens is 1190 g/mol. The van der Waals surface area contributed by atoms with Crippen LogP contribution >= 0.6 is 11.8 Å². The van der Waals surface area contributed by atoms with Gasteiger partial charge in [-0.05, 0) is 162 Å². The van der Waals surface area contributed by atoms with Crippen LogP contribution in [-0.2, 0) is 29.4 Å². The monoisotopic (exact) mass is 1260 g/mol. The molecule has 7 aliphatic rings. The Morgan fingerprint density at radius 2 is 1.54 bits per heavy atom. The third-order valence-corrected chi connectivity index (χ3v) is 22.2. The van der Waals surface area contributed by atoms with Gasteiger partial charge >= 0.3 is 5.51 Å². The van der Waals surface area contributed by atoms with Crippen LogP contribution in [0.15, 0.2) is 117 Å². The van der Waals surface area contributed by atoms with E-state index in [0.717, 1.165) is 79.4 Å². The minimum atomic E-state index is -6.17. The number of thioether (sulfide) groups is 1. The number of halogens is 5. The highest BCUT2D eigenvalue weighted by molar-refractivity contribution is 7.99. The lowest BCUT2D eigenvalue weighted by atomic mass is 9.32. The minimum absolute atomic E-state index is 0.00330. The number of alkyl halides is 5. The van der Waals surface area contributed by atoms with Gasteiger partial charge in [-0.1, -0.05) is 55.7 Å². The number of unbranched alkanes of at least 4 members (excludes halogenated alkanes) is 2. The number of nitrogens with one attached hydrogen (secondary N) is 4. The molecule has 17 nitrogen and oxygen atoms in total. The zero-order valence-electron chi connectivity index (χ0n) is 48.8. The predicted octanol–water partition coefficient (Wildman–Crippen LogP) is 9.74. The molecule has 2 atom stereocenters. The van der Waals surface area contributed by atoms with Gasteiger partial charge in [-0.2, -0.15) is 13.2 Å². The number of fused-ring (bicyclic) bond motifs is 1. The second-order valence-corrected chi connectivity index (χ2v) is 29.7. The minimum Gasteiger partial charge on any atom is -0.384 e. The molecule has 87 heavy (non-hydrogen) atoms. The van der Waals surface area contributed by atoms with E-state index in [0.29, 0.717) is 76.6 Å². The van der Waals surface area contributed by atoms with Gasteiger partial charge in [0.1, 0.15) is 10.9 Å². The number of piperidine rings is 1. The van der Waals surface area contributed by atoms with Crippen molar-refractivity contribution in [2.75, 3.05) is 80.7 Å². The fourth-order valence-electron chi connectivity index (χ4n) is 13.3. The number of piperazine rings is 1. The molecule has 5 amide bonds. The van der Waals surface area contributed by atoms with E-state index in [4.69, 9.17) is 0 Å². The summed E-state index contributed by atoms with van der Waals surface area (Å²) in [7, 11) is -9.24. The van der Waals surface area contributed by atoms with E-state index in [1.165, 1.54) is 41.1 Å². The Balaban J connectivity index is 0.736. The number of amides is 5. The molecule has 4 aromatic rings. The van der Waals surface area contributed by atoms with Crippen molar-refractivity contribution in [3.63, 3.8) is 0 Å². The molecule has 5 fully saturated rings. The molecule has 3 aliphatic heterocycles. The summed E-state index contributed by atoms with van der Waals surface area (Å²) in [6.45, 7) is 9.64. The van der Waals surface area contributed by atoms with Gasteiger partial charge in [0.25, 0.3) is 37.6 Å². The first kappa shape index (κ1) is 63.6. The van der Waals surface area contributed by atoms with Crippen molar-refractivity contribution in [1.82, 2.24) is 24.7 Å². The summed E-state index contributed by atoms with van der Waals surface area (Å²) in [6, 6.07) is 20.9. The highest BCUT2D eigenvalue weighted by Crippen LogP contribution is 2.79. The van der Waals surface area contributed by atoms with Crippen molar-refractivity contribution in [2.45, 2.75) is 130 Å². The Labute approximate surface area is 508 Å². The van der Waals surface area contributed by atoms with Crippen molar-refractivity contribution >= 4 is 78.2 Å². The largest absolute Gasteiger partial charge is 0.501 e. The van der Waals surface area contributed by atoms with Crippen LogP contribution in [0.2, 0.25) is 0 Å². The number of allylic oxidation sites excluding steroid dienone is 1. The van der Waals surface area contributed by atoms with Gasteiger partial charge in [-0.3, -0.25) is 39.1 Å². The molecule has 3 saturated carbocycles. The molecule has 0 spiro atoms. The van der Waals surface area contributed by atoms with Gasteiger partial charge in [0.05, 0.1) is 21.7 Å². The second-order valence-electron chi connectivity index (χ2n) is 25.0. The van der Waals surface area contributed by atoms with Gasteiger partial charge in [-0.15, -0.1) is 11.8 Å². The van der Waals surface area contributed by atoms with Crippen LogP contribution in [0.1, 0.15) is 122 Å². The number of benzene rings is 4. The zero-order valence-corrected chi connectivity index (χ0v) is 51.3. The standard InChI is InChI=1S/C62H73F5N8O9S3/c1-59(2)25-23-41(47(34-59)60-37-61(38-60,39-60)58(63)64)35-73-29-31-74(32-30-73)43-17-15-40(16-18-43)54(77)71-87(83,84)45-19-20-48(51(33-45)86(81,82)62(65,66)67)69-42(36-85-44-11-6-4-7-12-44)24-28-72(3)27-9-5-8-26-68-49-14-10-13-46-53(49)57(80)75(56(46)79)50-21-22-52(76)70-55(50)78/h4,6-7,10-20,33,42,50,58,68-69H,5,8-9,21-32,34-39H2,1-3H3,(H,71,77)(H,70,76,78)/t42-,50?,60?,61?/m1/s1. The van der Waals surface area contributed by atoms with Crippen molar-refractivity contribution in [1.29, 1.82) is 0 Å². The summed E-state index contributed by atoms with van der Waals surface area (Å²) in [5.74, 6) is -3.19. The van der Waals surface area contributed by atoms with E-state index in [1.54, 1.807) is 24.3 Å². The van der Waals surface area contributed by atoms with E-state index in [-0.39, 0.29) is 46.1 Å². The average molecular weight is 1270 g/mol. The molecule has 4 N–H and O–H groups in total. The Kier molecular flexibility index (Phi) is 18.4. The number of nitrogens with zero attached hydrogens (tertiary/aromatic N) is 4. The zero-order chi connectivity index (χ0) is 62.3. The van der Waals surface area contributed by atoms with Crippen molar-refractivity contribution in [3.8, 4) is 0 Å². The van der Waals surface area contributed by atoms with E-state index >= 15 is 0 Å². The highest BCUT2D eigenvalue weighted by Gasteiger charge is 2.73. The summed E-state index contributed by atoms with van der Waals surface area (Å²) >= 11 is 1.39. The van der Waals surface area contributed by atoms with E-state index in [9.17, 15) is 62.8 Å². The van der Waals surface area contributed by atoms with Gasteiger partial charge in [0, 0.05) is 84.7 Å². The number of imide groups is 2. The Hall–Kier alpha value is -6.41. The van der Waals surface area contributed by atoms with Crippen LogP contribution < -0.4 is 25.6 Å². The number of sulfone groups is 1. The molecule has 3 heterocycles.